The normalized spacial score (nSPS) is 11.4. The predicted molar refractivity (Wildman–Crippen MR) is 99.4 cm³/mol. The van der Waals surface area contributed by atoms with Crippen molar-refractivity contribution in [3.63, 3.8) is 0 Å². The highest BCUT2D eigenvalue weighted by Gasteiger charge is 2.18. The lowest BCUT2D eigenvalue weighted by Gasteiger charge is -2.05. The van der Waals surface area contributed by atoms with Gasteiger partial charge in [-0.15, -0.1) is 10.2 Å². The van der Waals surface area contributed by atoms with Crippen molar-refractivity contribution >= 4 is 33.0 Å². The Morgan fingerprint density at radius 2 is 1.82 bits per heavy atom. The molecule has 7 nitrogen and oxygen atoms in total. The first-order valence-electron chi connectivity index (χ1n) is 7.90. The number of hydrogen-bond donors (Lipinski definition) is 2. The first-order valence-corrected chi connectivity index (χ1v) is 10.2. The van der Waals surface area contributed by atoms with Gasteiger partial charge in [-0.3, -0.25) is 4.79 Å². The van der Waals surface area contributed by atoms with Gasteiger partial charge >= 0.3 is 0 Å². The van der Waals surface area contributed by atoms with E-state index < -0.39 is 27.6 Å². The van der Waals surface area contributed by atoms with Crippen LogP contribution in [-0.2, 0) is 16.6 Å². The van der Waals surface area contributed by atoms with Crippen molar-refractivity contribution < 1.29 is 22.0 Å². The maximum absolute atomic E-state index is 13.6. The largest absolute Gasteiger partial charge is 0.317 e. The van der Waals surface area contributed by atoms with Gasteiger partial charge in [0.1, 0.15) is 16.6 Å². The van der Waals surface area contributed by atoms with Gasteiger partial charge in [-0.25, -0.2) is 21.9 Å². The molecule has 28 heavy (non-hydrogen) atoms. The molecule has 3 rings (SSSR count). The van der Waals surface area contributed by atoms with Crippen molar-refractivity contribution in [2.75, 3.05) is 5.32 Å². The van der Waals surface area contributed by atoms with Crippen LogP contribution in [0.3, 0.4) is 0 Å². The molecule has 0 aliphatic rings. The zero-order valence-corrected chi connectivity index (χ0v) is 16.1. The van der Waals surface area contributed by atoms with E-state index in [4.69, 9.17) is 0 Å². The van der Waals surface area contributed by atoms with E-state index in [0.717, 1.165) is 29.0 Å². The second-order valence-electron chi connectivity index (χ2n) is 5.72. The molecule has 1 amide bonds. The summed E-state index contributed by atoms with van der Waals surface area (Å²) >= 11 is 0.850. The Balaban J connectivity index is 1.65. The van der Waals surface area contributed by atoms with Crippen LogP contribution in [0.4, 0.5) is 14.5 Å². The minimum absolute atomic E-state index is 0.0896. The van der Waals surface area contributed by atoms with Gasteiger partial charge < -0.3 is 5.32 Å². The average molecular weight is 424 g/mol. The molecule has 0 atom stereocenters. The van der Waals surface area contributed by atoms with Crippen LogP contribution in [-0.4, -0.2) is 24.5 Å². The maximum atomic E-state index is 13.6. The molecule has 0 aliphatic heterocycles. The van der Waals surface area contributed by atoms with Gasteiger partial charge in [0.25, 0.3) is 5.91 Å². The molecule has 0 radical (unpaired) electrons. The second kappa shape index (κ2) is 8.09. The summed E-state index contributed by atoms with van der Waals surface area (Å²) in [6.45, 7) is 1.68. The van der Waals surface area contributed by atoms with E-state index in [9.17, 15) is 22.0 Å². The van der Waals surface area contributed by atoms with Crippen molar-refractivity contribution in [3.05, 3.63) is 69.7 Å². The highest BCUT2D eigenvalue weighted by atomic mass is 32.2. The molecular weight excluding hydrogens is 410 g/mol. The molecule has 1 aromatic heterocycles. The maximum Gasteiger partial charge on any atom is 0.286 e. The van der Waals surface area contributed by atoms with E-state index in [1.54, 1.807) is 12.1 Å². The van der Waals surface area contributed by atoms with Crippen LogP contribution in [0.15, 0.2) is 47.4 Å². The van der Waals surface area contributed by atoms with Crippen molar-refractivity contribution in [2.24, 2.45) is 0 Å². The fourth-order valence-corrected chi connectivity index (χ4v) is 3.89. The van der Waals surface area contributed by atoms with E-state index in [-0.39, 0.29) is 27.1 Å². The number of anilines is 1. The zero-order valence-electron chi connectivity index (χ0n) is 14.4. The number of hydrogen-bond acceptors (Lipinski definition) is 6. The fraction of sp³-hybridized carbons (Fsp3) is 0.118. The molecule has 0 fully saturated rings. The number of sulfonamides is 1. The molecule has 0 bridgehead atoms. The molecule has 146 valence electrons. The third kappa shape index (κ3) is 4.74. The quantitative estimate of drug-likeness (QED) is 0.634. The number of nitrogens with zero attached hydrogens (tertiary/aromatic N) is 2. The standard InChI is InChI=1S/C17H14F2N4O3S2/c1-10-2-5-12(6-3-10)28(25,26)20-9-15-22-23-17(27-15)16(24)21-14-7-4-11(18)8-13(14)19/h2-8,20H,9H2,1H3,(H,21,24). The van der Waals surface area contributed by atoms with E-state index in [1.807, 2.05) is 6.92 Å². The minimum atomic E-state index is -3.74. The summed E-state index contributed by atoms with van der Waals surface area (Å²) in [7, 11) is -3.74. The van der Waals surface area contributed by atoms with Gasteiger partial charge in [0.15, 0.2) is 0 Å². The molecule has 2 aromatic carbocycles. The number of halogens is 2. The van der Waals surface area contributed by atoms with E-state index in [0.29, 0.717) is 6.07 Å². The Morgan fingerprint density at radius 3 is 2.50 bits per heavy atom. The molecule has 0 saturated heterocycles. The SMILES string of the molecule is Cc1ccc(S(=O)(=O)NCc2nnc(C(=O)Nc3ccc(F)cc3F)s2)cc1. The summed E-state index contributed by atoms with van der Waals surface area (Å²) in [5.41, 5.74) is 0.722. The smallest absolute Gasteiger partial charge is 0.286 e. The van der Waals surface area contributed by atoms with Gasteiger partial charge in [0.2, 0.25) is 15.0 Å². The third-order valence-electron chi connectivity index (χ3n) is 3.59. The summed E-state index contributed by atoms with van der Waals surface area (Å²) in [6, 6.07) is 9.04. The number of carbonyl (C=O) groups excluding carboxylic acids is 1. The number of carbonyl (C=O) groups is 1. The van der Waals surface area contributed by atoms with Crippen molar-refractivity contribution in [1.82, 2.24) is 14.9 Å². The van der Waals surface area contributed by atoms with Crippen molar-refractivity contribution in [1.29, 1.82) is 0 Å². The Hall–Kier alpha value is -2.76. The highest BCUT2D eigenvalue weighted by Crippen LogP contribution is 2.18. The lowest BCUT2D eigenvalue weighted by molar-refractivity contribution is 0.102. The molecule has 0 unspecified atom stereocenters. The molecule has 2 N–H and O–H groups in total. The fourth-order valence-electron chi connectivity index (χ4n) is 2.14. The molecule has 0 spiro atoms. The highest BCUT2D eigenvalue weighted by molar-refractivity contribution is 7.89. The first-order chi connectivity index (χ1) is 13.2. The number of benzene rings is 2. The van der Waals surface area contributed by atoms with Crippen LogP contribution in [0.1, 0.15) is 20.4 Å². The Bertz CT molecular complexity index is 1120. The van der Waals surface area contributed by atoms with E-state index in [1.165, 1.54) is 12.1 Å². The summed E-state index contributed by atoms with van der Waals surface area (Å²) in [5.74, 6) is -2.44. The van der Waals surface area contributed by atoms with Gasteiger partial charge in [-0.2, -0.15) is 0 Å². The lowest BCUT2D eigenvalue weighted by Crippen LogP contribution is -2.23. The number of aryl methyl sites for hydroxylation is 1. The van der Waals surface area contributed by atoms with Crippen LogP contribution < -0.4 is 10.0 Å². The van der Waals surface area contributed by atoms with Crippen LogP contribution >= 0.6 is 11.3 Å². The van der Waals surface area contributed by atoms with Gasteiger partial charge in [-0.1, -0.05) is 29.0 Å². The monoisotopic (exact) mass is 424 g/mol. The zero-order chi connectivity index (χ0) is 20.3. The topological polar surface area (TPSA) is 101 Å². The summed E-state index contributed by atoms with van der Waals surface area (Å²) in [4.78, 5) is 12.2. The molecule has 11 heteroatoms. The predicted octanol–water partition coefficient (Wildman–Crippen LogP) is 2.86. The first kappa shape index (κ1) is 20.0. The molecule has 1 heterocycles. The molecule has 0 saturated carbocycles. The molecule has 0 aliphatic carbocycles. The van der Waals surface area contributed by atoms with E-state index >= 15 is 0 Å². The minimum Gasteiger partial charge on any atom is -0.317 e. The molecule has 3 aromatic rings. The van der Waals surface area contributed by atoms with Crippen molar-refractivity contribution in [2.45, 2.75) is 18.4 Å². The number of nitrogens with one attached hydrogen (secondary N) is 2. The van der Waals surface area contributed by atoms with Crippen molar-refractivity contribution in [3.8, 4) is 0 Å². The van der Waals surface area contributed by atoms with Crippen LogP contribution in [0, 0.1) is 18.6 Å². The number of rotatable bonds is 6. The Kier molecular flexibility index (Phi) is 5.77. The molecular formula is C17H14F2N4O3S2. The Labute approximate surface area is 163 Å². The number of amides is 1. The lowest BCUT2D eigenvalue weighted by atomic mass is 10.2. The average Bonchev–Trinajstić information content (AvgIpc) is 3.12. The van der Waals surface area contributed by atoms with Gasteiger partial charge in [-0.05, 0) is 31.2 Å². The summed E-state index contributed by atoms with van der Waals surface area (Å²) in [6.07, 6.45) is 0. The second-order valence-corrected chi connectivity index (χ2v) is 8.55. The third-order valence-corrected chi connectivity index (χ3v) is 5.92. The summed E-state index contributed by atoms with van der Waals surface area (Å²) in [5, 5.41) is 9.84. The van der Waals surface area contributed by atoms with Crippen LogP contribution in [0.5, 0.6) is 0 Å². The summed E-state index contributed by atoms with van der Waals surface area (Å²) < 4.78 is 53.4. The van der Waals surface area contributed by atoms with Gasteiger partial charge in [0, 0.05) is 6.07 Å². The Morgan fingerprint density at radius 1 is 1.11 bits per heavy atom. The van der Waals surface area contributed by atoms with E-state index in [2.05, 4.69) is 20.2 Å². The van der Waals surface area contributed by atoms with Crippen LogP contribution in [0.2, 0.25) is 0 Å². The van der Waals surface area contributed by atoms with Gasteiger partial charge in [0.05, 0.1) is 17.1 Å². The van der Waals surface area contributed by atoms with Crippen LogP contribution in [0.25, 0.3) is 0 Å². The number of aromatic nitrogens is 2.